The van der Waals surface area contributed by atoms with Crippen molar-refractivity contribution < 1.29 is 9.59 Å². The van der Waals surface area contributed by atoms with E-state index < -0.39 is 0 Å². The van der Waals surface area contributed by atoms with Crippen LogP contribution >= 0.6 is 46.6 Å². The highest BCUT2D eigenvalue weighted by atomic mass is 35.5. The highest BCUT2D eigenvalue weighted by Crippen LogP contribution is 2.47. The van der Waals surface area contributed by atoms with Crippen LogP contribution in [0.3, 0.4) is 0 Å². The van der Waals surface area contributed by atoms with E-state index in [2.05, 4.69) is 5.32 Å². The van der Waals surface area contributed by atoms with Crippen LogP contribution in [0.15, 0.2) is 42.5 Å². The molecule has 0 aromatic heterocycles. The predicted molar refractivity (Wildman–Crippen MR) is 120 cm³/mol. The minimum Gasteiger partial charge on any atom is -0.324 e. The summed E-state index contributed by atoms with van der Waals surface area (Å²) < 4.78 is 0. The first-order chi connectivity index (χ1) is 13.9. The van der Waals surface area contributed by atoms with Gasteiger partial charge in [-0.25, -0.2) is 4.79 Å². The van der Waals surface area contributed by atoms with E-state index in [-0.39, 0.29) is 16.8 Å². The molecule has 2 aromatic rings. The van der Waals surface area contributed by atoms with E-state index in [0.29, 0.717) is 52.4 Å². The van der Waals surface area contributed by atoms with Crippen LogP contribution in [0.5, 0.6) is 0 Å². The molecule has 0 bridgehead atoms. The number of piperidine rings is 1. The van der Waals surface area contributed by atoms with Crippen molar-refractivity contribution in [1.29, 1.82) is 0 Å². The SMILES string of the molecule is O=C(Nc1cccc(Cl)c1Cl)N1CCC2(CC1)SCC(=O)N2c1ccc(Cl)cc1. The van der Waals surface area contributed by atoms with Crippen molar-refractivity contribution in [1.82, 2.24) is 4.90 Å². The van der Waals surface area contributed by atoms with Crippen molar-refractivity contribution in [3.05, 3.63) is 57.5 Å². The lowest BCUT2D eigenvalue weighted by Crippen LogP contribution is -2.53. The van der Waals surface area contributed by atoms with Gasteiger partial charge in [0.2, 0.25) is 5.91 Å². The number of nitrogens with one attached hydrogen (secondary N) is 1. The van der Waals surface area contributed by atoms with E-state index in [1.54, 1.807) is 47.0 Å². The number of urea groups is 1. The number of carbonyl (C=O) groups excluding carboxylic acids is 2. The van der Waals surface area contributed by atoms with Gasteiger partial charge in [-0.3, -0.25) is 9.69 Å². The Labute approximate surface area is 188 Å². The number of halogens is 3. The van der Waals surface area contributed by atoms with Gasteiger partial charge < -0.3 is 10.2 Å². The van der Waals surface area contributed by atoms with E-state index in [1.807, 2.05) is 17.0 Å². The summed E-state index contributed by atoms with van der Waals surface area (Å²) in [5.74, 6) is 0.522. The Morgan fingerprint density at radius 1 is 1.03 bits per heavy atom. The van der Waals surface area contributed by atoms with Crippen LogP contribution in [0.1, 0.15) is 12.8 Å². The fourth-order valence-corrected chi connectivity index (χ4v) is 5.55. The minimum atomic E-state index is -0.338. The molecule has 4 rings (SSSR count). The molecule has 0 saturated carbocycles. The van der Waals surface area contributed by atoms with Crippen LogP contribution in [0.4, 0.5) is 16.2 Å². The van der Waals surface area contributed by atoms with Crippen molar-refractivity contribution in [3.63, 3.8) is 0 Å². The van der Waals surface area contributed by atoms with Crippen LogP contribution in [-0.4, -0.2) is 40.6 Å². The number of anilines is 2. The molecule has 5 nitrogen and oxygen atoms in total. The summed E-state index contributed by atoms with van der Waals surface area (Å²) in [6.45, 7) is 1.07. The Kier molecular flexibility index (Phi) is 5.89. The van der Waals surface area contributed by atoms with E-state index in [0.717, 1.165) is 5.69 Å². The van der Waals surface area contributed by atoms with E-state index in [1.165, 1.54) is 0 Å². The largest absolute Gasteiger partial charge is 0.324 e. The Balaban J connectivity index is 1.46. The summed E-state index contributed by atoms with van der Waals surface area (Å²) in [6, 6.07) is 12.2. The highest BCUT2D eigenvalue weighted by molar-refractivity contribution is 8.02. The summed E-state index contributed by atoms with van der Waals surface area (Å²) in [5, 5.41) is 4.17. The molecule has 0 atom stereocenters. The van der Waals surface area contributed by atoms with Gasteiger partial charge in [0.15, 0.2) is 0 Å². The van der Waals surface area contributed by atoms with Crippen LogP contribution in [0.25, 0.3) is 0 Å². The number of rotatable bonds is 2. The lowest BCUT2D eigenvalue weighted by atomic mass is 10.0. The van der Waals surface area contributed by atoms with Gasteiger partial charge in [0.05, 0.1) is 26.4 Å². The number of nitrogens with zero attached hydrogens (tertiary/aromatic N) is 2. The first kappa shape index (κ1) is 20.7. The molecule has 9 heteroatoms. The molecule has 1 spiro atoms. The zero-order valence-electron chi connectivity index (χ0n) is 15.3. The van der Waals surface area contributed by atoms with E-state index in [4.69, 9.17) is 34.8 Å². The van der Waals surface area contributed by atoms with Gasteiger partial charge in [0.25, 0.3) is 0 Å². The average molecular weight is 471 g/mol. The van der Waals surface area contributed by atoms with Crippen LogP contribution in [0.2, 0.25) is 15.1 Å². The smallest absolute Gasteiger partial charge is 0.321 e. The third-order valence-corrected chi connectivity index (χ3v) is 7.82. The molecular weight excluding hydrogens is 453 g/mol. The van der Waals surface area contributed by atoms with Gasteiger partial charge >= 0.3 is 6.03 Å². The number of thioether (sulfide) groups is 1. The lowest BCUT2D eigenvalue weighted by molar-refractivity contribution is -0.116. The van der Waals surface area contributed by atoms with Crippen LogP contribution in [0, 0.1) is 0 Å². The summed E-state index contributed by atoms with van der Waals surface area (Å²) in [7, 11) is 0. The maximum atomic E-state index is 12.7. The molecule has 0 radical (unpaired) electrons. The van der Waals surface area contributed by atoms with Gasteiger partial charge in [-0.05, 0) is 49.2 Å². The molecule has 1 N–H and O–H groups in total. The number of amides is 3. The quantitative estimate of drug-likeness (QED) is 0.608. The molecule has 2 aromatic carbocycles. The lowest BCUT2D eigenvalue weighted by Gasteiger charge is -2.43. The predicted octanol–water partition coefficient (Wildman–Crippen LogP) is 5.75. The zero-order valence-corrected chi connectivity index (χ0v) is 18.4. The normalized spacial score (nSPS) is 18.4. The molecule has 2 heterocycles. The maximum absolute atomic E-state index is 12.7. The molecule has 2 aliphatic heterocycles. The monoisotopic (exact) mass is 469 g/mol. The summed E-state index contributed by atoms with van der Waals surface area (Å²) >= 11 is 19.8. The number of carbonyl (C=O) groups is 2. The highest BCUT2D eigenvalue weighted by Gasteiger charge is 2.49. The van der Waals surface area contributed by atoms with Gasteiger partial charge in [-0.2, -0.15) is 0 Å². The van der Waals surface area contributed by atoms with E-state index >= 15 is 0 Å². The Hall–Kier alpha value is -1.60. The molecule has 29 heavy (non-hydrogen) atoms. The van der Waals surface area contributed by atoms with Crippen molar-refractivity contribution in [3.8, 4) is 0 Å². The first-order valence-electron chi connectivity index (χ1n) is 9.12. The molecule has 0 unspecified atom stereocenters. The molecule has 2 saturated heterocycles. The van der Waals surface area contributed by atoms with Crippen LogP contribution in [-0.2, 0) is 4.79 Å². The van der Waals surface area contributed by atoms with Gasteiger partial charge in [-0.1, -0.05) is 40.9 Å². The molecule has 0 aliphatic carbocycles. The van der Waals surface area contributed by atoms with Gasteiger partial charge in [0, 0.05) is 23.8 Å². The Morgan fingerprint density at radius 3 is 2.41 bits per heavy atom. The number of hydrogen-bond acceptors (Lipinski definition) is 3. The minimum absolute atomic E-state index is 0.0842. The molecule has 3 amide bonds. The van der Waals surface area contributed by atoms with E-state index in [9.17, 15) is 9.59 Å². The second kappa shape index (κ2) is 8.26. The zero-order chi connectivity index (χ0) is 20.6. The molecule has 152 valence electrons. The third-order valence-electron chi connectivity index (χ3n) is 5.23. The van der Waals surface area contributed by atoms with Gasteiger partial charge in [0.1, 0.15) is 0 Å². The summed E-state index contributed by atoms with van der Waals surface area (Å²) in [4.78, 5) is 28.6. The topological polar surface area (TPSA) is 52.7 Å². The third kappa shape index (κ3) is 4.04. The number of benzene rings is 2. The summed E-state index contributed by atoms with van der Waals surface area (Å²) in [6.07, 6.45) is 1.37. The van der Waals surface area contributed by atoms with Gasteiger partial charge in [-0.15, -0.1) is 11.8 Å². The summed E-state index contributed by atoms with van der Waals surface area (Å²) in [5.41, 5.74) is 1.32. The molecule has 2 aliphatic rings. The van der Waals surface area contributed by atoms with Crippen molar-refractivity contribution in [2.24, 2.45) is 0 Å². The Bertz CT molecular complexity index is 946. The van der Waals surface area contributed by atoms with Crippen LogP contribution < -0.4 is 10.2 Å². The fraction of sp³-hybridized carbons (Fsp3) is 0.300. The van der Waals surface area contributed by atoms with Crippen molar-refractivity contribution in [2.45, 2.75) is 17.7 Å². The second-order valence-electron chi connectivity index (χ2n) is 6.96. The molecular formula is C20H18Cl3N3O2S. The average Bonchev–Trinajstić information content (AvgIpc) is 3.02. The maximum Gasteiger partial charge on any atom is 0.321 e. The fourth-order valence-electron chi connectivity index (χ4n) is 3.74. The number of hydrogen-bond donors (Lipinski definition) is 1. The Morgan fingerprint density at radius 2 is 1.72 bits per heavy atom. The van der Waals surface area contributed by atoms with Crippen molar-refractivity contribution in [2.75, 3.05) is 29.1 Å². The standard InChI is InChI=1S/C20H18Cl3N3O2S/c21-13-4-6-14(7-5-13)26-17(27)12-29-20(26)8-10-25(11-9-20)19(28)24-16-3-1-2-15(22)18(16)23/h1-7H,8-12H2,(H,24,28). The molecule has 2 fully saturated rings. The number of likely N-dealkylation sites (tertiary alicyclic amines) is 1. The van der Waals surface area contributed by atoms with Crippen molar-refractivity contribution >= 4 is 69.9 Å². The second-order valence-corrected chi connectivity index (χ2v) is 9.52. The first-order valence-corrected chi connectivity index (χ1v) is 11.2.